The number of aliphatic hydroxyl groups is 1. The van der Waals surface area contributed by atoms with Crippen molar-refractivity contribution < 1.29 is 14.3 Å². The van der Waals surface area contributed by atoms with Gasteiger partial charge in [-0.05, 0) is 73.5 Å². The summed E-state index contributed by atoms with van der Waals surface area (Å²) < 4.78 is 13.5. The first-order chi connectivity index (χ1) is 12.1. The van der Waals surface area contributed by atoms with Crippen LogP contribution in [-0.2, 0) is 10.2 Å². The van der Waals surface area contributed by atoms with Crippen LogP contribution in [0, 0.1) is 29.5 Å². The fraction of sp³-hybridized carbons (Fsp3) is 0.667. The number of nitrogens with zero attached hydrogens (tertiary/aromatic N) is 1. The molecule has 25 heavy (non-hydrogen) atoms. The van der Waals surface area contributed by atoms with Gasteiger partial charge in [-0.1, -0.05) is 12.1 Å². The van der Waals surface area contributed by atoms with E-state index in [1.165, 1.54) is 31.2 Å². The van der Waals surface area contributed by atoms with Gasteiger partial charge in [-0.3, -0.25) is 4.79 Å². The molecule has 1 aliphatic heterocycles. The molecule has 1 amide bonds. The van der Waals surface area contributed by atoms with Gasteiger partial charge in [-0.25, -0.2) is 4.39 Å². The number of hydrogen-bond acceptors (Lipinski definition) is 2. The molecule has 134 valence electrons. The number of carbonyl (C=O) groups excluding carboxylic acids is 1. The highest BCUT2D eigenvalue weighted by Gasteiger charge is 2.63. The zero-order valence-corrected chi connectivity index (χ0v) is 14.5. The normalized spacial score (nSPS) is 41.2. The minimum absolute atomic E-state index is 0.00712. The predicted molar refractivity (Wildman–Crippen MR) is 92.3 cm³/mol. The van der Waals surface area contributed by atoms with Crippen molar-refractivity contribution in [3.63, 3.8) is 0 Å². The maximum absolute atomic E-state index is 13.5. The number of amides is 1. The Labute approximate surface area is 148 Å². The lowest BCUT2D eigenvalue weighted by Crippen LogP contribution is -2.55. The molecule has 6 atom stereocenters. The van der Waals surface area contributed by atoms with Crippen molar-refractivity contribution in [1.29, 1.82) is 0 Å². The molecular weight excluding hydrogens is 317 g/mol. The van der Waals surface area contributed by atoms with Crippen LogP contribution >= 0.6 is 0 Å². The van der Waals surface area contributed by atoms with E-state index in [1.807, 2.05) is 17.0 Å². The number of rotatable bonds is 4. The first kappa shape index (κ1) is 15.8. The van der Waals surface area contributed by atoms with Gasteiger partial charge in [0.25, 0.3) is 0 Å². The number of aliphatic hydroxyl groups excluding tert-OH is 1. The number of hydrogen-bond donors (Lipinski definition) is 1. The first-order valence-corrected chi connectivity index (χ1v) is 9.78. The Morgan fingerprint density at radius 3 is 2.64 bits per heavy atom. The van der Waals surface area contributed by atoms with Crippen molar-refractivity contribution in [2.24, 2.45) is 23.7 Å². The Morgan fingerprint density at radius 2 is 2.00 bits per heavy atom. The van der Waals surface area contributed by atoms with E-state index in [-0.39, 0.29) is 29.8 Å². The van der Waals surface area contributed by atoms with Crippen LogP contribution in [0.2, 0.25) is 0 Å². The summed E-state index contributed by atoms with van der Waals surface area (Å²) >= 11 is 0. The van der Waals surface area contributed by atoms with Crippen LogP contribution in [-0.4, -0.2) is 35.1 Å². The van der Waals surface area contributed by atoms with Gasteiger partial charge in [-0.2, -0.15) is 0 Å². The molecule has 6 rings (SSSR count). The Hall–Kier alpha value is -1.42. The minimum atomic E-state index is -0.208. The summed E-state index contributed by atoms with van der Waals surface area (Å²) in [6.45, 7) is 0.831. The van der Waals surface area contributed by atoms with Gasteiger partial charge in [0.1, 0.15) is 5.82 Å². The predicted octanol–water partition coefficient (Wildman–Crippen LogP) is 3.11. The van der Waals surface area contributed by atoms with Crippen LogP contribution in [0.15, 0.2) is 24.3 Å². The van der Waals surface area contributed by atoms with E-state index in [4.69, 9.17) is 0 Å². The summed E-state index contributed by atoms with van der Waals surface area (Å²) in [4.78, 5) is 15.0. The fourth-order valence-corrected chi connectivity index (χ4v) is 6.81. The lowest BCUT2D eigenvalue weighted by Gasteiger charge is -2.48. The van der Waals surface area contributed by atoms with E-state index in [0.717, 1.165) is 24.8 Å². The first-order valence-electron chi connectivity index (χ1n) is 9.78. The molecule has 0 radical (unpaired) electrons. The van der Waals surface area contributed by atoms with Crippen LogP contribution in [0.25, 0.3) is 0 Å². The maximum atomic E-state index is 13.5. The SMILES string of the molecule is O=C(CC1(c2ccc(F)cc2)C2CC3CC(C2)C1C3)N1CC[C@H]1CO. The highest BCUT2D eigenvalue weighted by Crippen LogP contribution is 2.68. The summed E-state index contributed by atoms with van der Waals surface area (Å²) in [7, 11) is 0. The highest BCUT2D eigenvalue weighted by atomic mass is 19.1. The largest absolute Gasteiger partial charge is 0.394 e. The second kappa shape index (κ2) is 5.54. The molecule has 4 bridgehead atoms. The molecule has 5 fully saturated rings. The quantitative estimate of drug-likeness (QED) is 0.912. The van der Waals surface area contributed by atoms with Gasteiger partial charge >= 0.3 is 0 Å². The lowest BCUT2D eigenvalue weighted by molar-refractivity contribution is -0.143. The molecule has 4 saturated carbocycles. The van der Waals surface area contributed by atoms with Gasteiger partial charge in [0.15, 0.2) is 0 Å². The zero-order chi connectivity index (χ0) is 17.2. The van der Waals surface area contributed by atoms with Crippen molar-refractivity contribution in [2.75, 3.05) is 13.2 Å². The summed E-state index contributed by atoms with van der Waals surface area (Å²) in [5.74, 6) is 2.68. The van der Waals surface area contributed by atoms with Crippen LogP contribution in [0.5, 0.6) is 0 Å². The summed E-state index contributed by atoms with van der Waals surface area (Å²) in [6, 6.07) is 6.97. The van der Waals surface area contributed by atoms with Gasteiger partial charge in [-0.15, -0.1) is 0 Å². The third-order valence-electron chi connectivity index (χ3n) is 7.89. The average molecular weight is 343 g/mol. The Bertz CT molecular complexity index is 684. The topological polar surface area (TPSA) is 40.5 Å². The molecule has 5 unspecified atom stereocenters. The number of likely N-dealkylation sites (tertiary alicyclic amines) is 1. The monoisotopic (exact) mass is 343 g/mol. The van der Waals surface area contributed by atoms with Gasteiger partial charge in [0.2, 0.25) is 5.91 Å². The molecule has 4 aliphatic carbocycles. The van der Waals surface area contributed by atoms with Gasteiger partial charge < -0.3 is 10.0 Å². The Kier molecular flexibility index (Phi) is 3.50. The molecule has 0 spiro atoms. The average Bonchev–Trinajstić information content (AvgIpc) is 2.96. The molecule has 1 heterocycles. The van der Waals surface area contributed by atoms with Crippen molar-refractivity contribution in [3.8, 4) is 0 Å². The summed E-state index contributed by atoms with van der Waals surface area (Å²) in [5, 5.41) is 9.45. The van der Waals surface area contributed by atoms with E-state index in [0.29, 0.717) is 18.3 Å². The van der Waals surface area contributed by atoms with Crippen LogP contribution in [0.1, 0.15) is 44.1 Å². The third-order valence-corrected chi connectivity index (χ3v) is 7.89. The smallest absolute Gasteiger partial charge is 0.223 e. The van der Waals surface area contributed by atoms with Crippen LogP contribution in [0.4, 0.5) is 4.39 Å². The van der Waals surface area contributed by atoms with E-state index in [2.05, 4.69) is 0 Å². The van der Waals surface area contributed by atoms with E-state index < -0.39 is 0 Å². The second-order valence-corrected chi connectivity index (χ2v) is 8.81. The lowest BCUT2D eigenvalue weighted by atomic mass is 9.59. The van der Waals surface area contributed by atoms with Gasteiger partial charge in [0.05, 0.1) is 12.6 Å². The number of benzene rings is 1. The molecule has 4 heteroatoms. The number of carbonyl (C=O) groups is 1. The van der Waals surface area contributed by atoms with E-state index >= 15 is 0 Å². The van der Waals surface area contributed by atoms with E-state index in [1.54, 1.807) is 12.1 Å². The zero-order valence-electron chi connectivity index (χ0n) is 14.5. The van der Waals surface area contributed by atoms with Crippen LogP contribution in [0.3, 0.4) is 0 Å². The number of halogens is 1. The van der Waals surface area contributed by atoms with Crippen molar-refractivity contribution in [3.05, 3.63) is 35.6 Å². The molecule has 1 saturated heterocycles. The van der Waals surface area contributed by atoms with Gasteiger partial charge in [0, 0.05) is 18.4 Å². The Morgan fingerprint density at radius 1 is 1.20 bits per heavy atom. The van der Waals surface area contributed by atoms with Crippen molar-refractivity contribution >= 4 is 5.91 Å². The van der Waals surface area contributed by atoms with Crippen molar-refractivity contribution in [1.82, 2.24) is 4.90 Å². The second-order valence-electron chi connectivity index (χ2n) is 8.81. The molecule has 0 aromatic heterocycles. The molecular formula is C21H26FNO2. The fourth-order valence-electron chi connectivity index (χ4n) is 6.81. The molecule has 1 N–H and O–H groups in total. The minimum Gasteiger partial charge on any atom is -0.394 e. The highest BCUT2D eigenvalue weighted by molar-refractivity contribution is 5.79. The van der Waals surface area contributed by atoms with Crippen molar-refractivity contribution in [2.45, 2.75) is 50.0 Å². The standard InChI is InChI=1S/C21H26FNO2/c22-17-3-1-15(2-4-17)21(11-20(25)23-6-5-18(23)12-24)16-8-13-7-14(10-16)19(21)9-13/h1-4,13-14,16,18-19,24H,5-12H2/t13?,14?,16?,18-,19?,21?/m0/s1. The summed E-state index contributed by atoms with van der Waals surface area (Å²) in [6.07, 6.45) is 6.45. The van der Waals surface area contributed by atoms with Crippen LogP contribution < -0.4 is 0 Å². The molecule has 5 aliphatic rings. The summed E-state index contributed by atoms with van der Waals surface area (Å²) in [5.41, 5.74) is 1.05. The molecule has 3 nitrogen and oxygen atoms in total. The maximum Gasteiger partial charge on any atom is 0.223 e. The Balaban J connectivity index is 1.51. The van der Waals surface area contributed by atoms with E-state index in [9.17, 15) is 14.3 Å². The molecule has 1 aromatic carbocycles. The third kappa shape index (κ3) is 2.16. The molecule has 1 aromatic rings.